The SMILES string of the molecule is CC(N)C1CCN(C(=O)c2coc(Br)c2)CC1. The molecule has 0 saturated carbocycles. The largest absolute Gasteiger partial charge is 0.457 e. The van der Waals surface area contributed by atoms with Crippen LogP contribution in [0.25, 0.3) is 0 Å². The number of carbonyl (C=O) groups excluding carboxylic acids is 1. The smallest absolute Gasteiger partial charge is 0.257 e. The summed E-state index contributed by atoms with van der Waals surface area (Å²) in [5, 5.41) is 0. The van der Waals surface area contributed by atoms with Crippen LogP contribution in [0.15, 0.2) is 21.4 Å². The maximum atomic E-state index is 12.1. The van der Waals surface area contributed by atoms with Crippen LogP contribution in [0.1, 0.15) is 30.1 Å². The monoisotopic (exact) mass is 300 g/mol. The van der Waals surface area contributed by atoms with Crippen molar-refractivity contribution in [3.8, 4) is 0 Å². The van der Waals surface area contributed by atoms with Crippen LogP contribution in [0, 0.1) is 5.92 Å². The van der Waals surface area contributed by atoms with Crippen LogP contribution in [-0.2, 0) is 0 Å². The summed E-state index contributed by atoms with van der Waals surface area (Å²) in [7, 11) is 0. The van der Waals surface area contributed by atoms with Gasteiger partial charge in [-0.3, -0.25) is 4.79 Å². The van der Waals surface area contributed by atoms with E-state index >= 15 is 0 Å². The summed E-state index contributed by atoms with van der Waals surface area (Å²) in [4.78, 5) is 14.0. The third-order valence-electron chi connectivity index (χ3n) is 3.38. The first-order valence-electron chi connectivity index (χ1n) is 5.87. The first-order valence-corrected chi connectivity index (χ1v) is 6.66. The van der Waals surface area contributed by atoms with E-state index in [9.17, 15) is 4.79 Å². The third kappa shape index (κ3) is 2.90. The summed E-state index contributed by atoms with van der Waals surface area (Å²) in [6.07, 6.45) is 3.47. The molecule has 1 aromatic rings. The van der Waals surface area contributed by atoms with Crippen molar-refractivity contribution in [3.63, 3.8) is 0 Å². The zero-order valence-electron chi connectivity index (χ0n) is 9.86. The van der Waals surface area contributed by atoms with Crippen LogP contribution in [0.4, 0.5) is 0 Å². The van der Waals surface area contributed by atoms with Gasteiger partial charge in [0.15, 0.2) is 4.67 Å². The van der Waals surface area contributed by atoms with Crippen LogP contribution in [0.5, 0.6) is 0 Å². The molecule has 1 aromatic heterocycles. The molecule has 0 aliphatic carbocycles. The molecule has 1 aliphatic heterocycles. The Morgan fingerprint density at radius 3 is 2.71 bits per heavy atom. The molecule has 1 fully saturated rings. The van der Waals surface area contributed by atoms with E-state index in [1.165, 1.54) is 6.26 Å². The molecule has 0 aromatic carbocycles. The fraction of sp³-hybridized carbons (Fsp3) is 0.583. The summed E-state index contributed by atoms with van der Waals surface area (Å²) in [6, 6.07) is 1.93. The number of amides is 1. The Morgan fingerprint density at radius 2 is 2.24 bits per heavy atom. The fourth-order valence-corrected chi connectivity index (χ4v) is 2.57. The van der Waals surface area contributed by atoms with Gasteiger partial charge in [0.1, 0.15) is 6.26 Å². The van der Waals surface area contributed by atoms with Gasteiger partial charge in [0.2, 0.25) is 0 Å². The van der Waals surface area contributed by atoms with Gasteiger partial charge in [-0.1, -0.05) is 0 Å². The molecule has 94 valence electrons. The van der Waals surface area contributed by atoms with E-state index in [1.54, 1.807) is 6.07 Å². The van der Waals surface area contributed by atoms with Crippen molar-refractivity contribution in [3.05, 3.63) is 22.6 Å². The van der Waals surface area contributed by atoms with E-state index in [0.29, 0.717) is 16.2 Å². The molecule has 1 saturated heterocycles. The minimum Gasteiger partial charge on any atom is -0.457 e. The van der Waals surface area contributed by atoms with Gasteiger partial charge in [-0.2, -0.15) is 0 Å². The predicted octanol–water partition coefficient (Wildman–Crippen LogP) is 2.24. The minimum atomic E-state index is 0.0441. The second-order valence-corrected chi connectivity index (χ2v) is 5.41. The highest BCUT2D eigenvalue weighted by atomic mass is 79.9. The highest BCUT2D eigenvalue weighted by Gasteiger charge is 2.26. The molecule has 5 heteroatoms. The van der Waals surface area contributed by atoms with Crippen molar-refractivity contribution in [1.82, 2.24) is 4.90 Å². The van der Waals surface area contributed by atoms with Crippen molar-refractivity contribution in [2.75, 3.05) is 13.1 Å². The van der Waals surface area contributed by atoms with Crippen molar-refractivity contribution in [1.29, 1.82) is 0 Å². The van der Waals surface area contributed by atoms with Gasteiger partial charge in [-0.05, 0) is 41.6 Å². The zero-order chi connectivity index (χ0) is 12.4. The minimum absolute atomic E-state index is 0.0441. The lowest BCUT2D eigenvalue weighted by Crippen LogP contribution is -2.42. The van der Waals surface area contributed by atoms with Gasteiger partial charge in [-0.25, -0.2) is 0 Å². The van der Waals surface area contributed by atoms with Crippen molar-refractivity contribution in [2.45, 2.75) is 25.8 Å². The van der Waals surface area contributed by atoms with E-state index in [4.69, 9.17) is 10.2 Å². The van der Waals surface area contributed by atoms with Gasteiger partial charge in [-0.15, -0.1) is 0 Å². The summed E-state index contributed by atoms with van der Waals surface area (Å²) >= 11 is 3.20. The molecular formula is C12H17BrN2O2. The number of carbonyl (C=O) groups is 1. The maximum absolute atomic E-state index is 12.1. The van der Waals surface area contributed by atoms with E-state index in [0.717, 1.165) is 25.9 Å². The molecule has 2 rings (SSSR count). The second kappa shape index (κ2) is 5.23. The second-order valence-electron chi connectivity index (χ2n) is 4.63. The molecule has 4 nitrogen and oxygen atoms in total. The number of nitrogens with zero attached hydrogens (tertiary/aromatic N) is 1. The molecule has 0 radical (unpaired) electrons. The fourth-order valence-electron chi connectivity index (χ4n) is 2.23. The molecule has 0 spiro atoms. The first kappa shape index (κ1) is 12.6. The number of hydrogen-bond donors (Lipinski definition) is 1. The van der Waals surface area contributed by atoms with Crippen LogP contribution < -0.4 is 5.73 Å². The number of rotatable bonds is 2. The number of likely N-dealkylation sites (tertiary alicyclic amines) is 1. The summed E-state index contributed by atoms with van der Waals surface area (Å²) in [5.41, 5.74) is 6.49. The molecule has 1 unspecified atom stereocenters. The van der Waals surface area contributed by atoms with Gasteiger partial charge >= 0.3 is 0 Å². The summed E-state index contributed by atoms with van der Waals surface area (Å²) in [5.74, 6) is 0.581. The highest BCUT2D eigenvalue weighted by Crippen LogP contribution is 2.22. The number of furan rings is 1. The number of hydrogen-bond acceptors (Lipinski definition) is 3. The van der Waals surface area contributed by atoms with Crippen LogP contribution in [0.3, 0.4) is 0 Å². The van der Waals surface area contributed by atoms with Gasteiger partial charge in [0.25, 0.3) is 5.91 Å². The highest BCUT2D eigenvalue weighted by molar-refractivity contribution is 9.10. The quantitative estimate of drug-likeness (QED) is 0.911. The van der Waals surface area contributed by atoms with Gasteiger partial charge < -0.3 is 15.1 Å². The van der Waals surface area contributed by atoms with Crippen LogP contribution >= 0.6 is 15.9 Å². The Bertz CT molecular complexity index is 395. The predicted molar refractivity (Wildman–Crippen MR) is 68.7 cm³/mol. The van der Waals surface area contributed by atoms with Crippen molar-refractivity contribution >= 4 is 21.8 Å². The Morgan fingerprint density at radius 1 is 1.59 bits per heavy atom. The first-order chi connectivity index (χ1) is 8.08. The van der Waals surface area contributed by atoms with Crippen LogP contribution in [-0.4, -0.2) is 29.9 Å². The molecule has 2 heterocycles. The lowest BCUT2D eigenvalue weighted by Gasteiger charge is -2.33. The van der Waals surface area contributed by atoms with E-state index in [1.807, 2.05) is 11.8 Å². The molecule has 1 aliphatic rings. The Kier molecular flexibility index (Phi) is 3.89. The molecule has 1 amide bonds. The summed E-state index contributed by atoms with van der Waals surface area (Å²) in [6.45, 7) is 3.61. The molecule has 0 bridgehead atoms. The van der Waals surface area contributed by atoms with E-state index in [2.05, 4.69) is 15.9 Å². The third-order valence-corrected chi connectivity index (χ3v) is 3.80. The molecule has 1 atom stereocenters. The number of halogens is 1. The van der Waals surface area contributed by atoms with Gasteiger partial charge in [0, 0.05) is 25.2 Å². The van der Waals surface area contributed by atoms with Crippen molar-refractivity contribution < 1.29 is 9.21 Å². The normalized spacial score (nSPS) is 19.4. The van der Waals surface area contributed by atoms with Gasteiger partial charge in [0.05, 0.1) is 5.56 Å². The zero-order valence-corrected chi connectivity index (χ0v) is 11.4. The Balaban J connectivity index is 1.95. The number of nitrogens with two attached hydrogens (primary N) is 1. The van der Waals surface area contributed by atoms with E-state index in [-0.39, 0.29) is 11.9 Å². The topological polar surface area (TPSA) is 59.5 Å². The lowest BCUT2D eigenvalue weighted by molar-refractivity contribution is 0.0680. The average Bonchev–Trinajstić information content (AvgIpc) is 2.75. The van der Waals surface area contributed by atoms with Crippen molar-refractivity contribution in [2.24, 2.45) is 11.7 Å². The summed E-state index contributed by atoms with van der Waals surface area (Å²) < 4.78 is 5.67. The molecule has 17 heavy (non-hydrogen) atoms. The molecular weight excluding hydrogens is 284 g/mol. The van der Waals surface area contributed by atoms with E-state index < -0.39 is 0 Å². The number of piperidine rings is 1. The average molecular weight is 301 g/mol. The lowest BCUT2D eigenvalue weighted by atomic mass is 9.91. The molecule has 2 N–H and O–H groups in total. The van der Waals surface area contributed by atoms with Crippen LogP contribution in [0.2, 0.25) is 0 Å². The standard InChI is InChI=1S/C12H17BrN2O2/c1-8(14)9-2-4-15(5-3-9)12(16)10-6-11(13)17-7-10/h6-9H,2-5,14H2,1H3. The Hall–Kier alpha value is -0.810. The Labute approximate surface area is 109 Å². The maximum Gasteiger partial charge on any atom is 0.257 e.